The van der Waals surface area contributed by atoms with Crippen molar-refractivity contribution < 1.29 is 22.7 Å². The fraction of sp³-hybridized carbons (Fsp3) is 0.486. The van der Waals surface area contributed by atoms with Gasteiger partial charge in [-0.1, -0.05) is 12.1 Å². The SMILES string of the molecule is COc1cc(C2CCN(C(=O)[C@@H]3CCC(C)(C)OC3)CC2)c(C)cc1Nc1nc(Nc2ccccc2S(=O)(=O)C(C)C)n2nccc2n1. The number of hydrogen-bond donors (Lipinski definition) is 2. The number of amides is 1. The van der Waals surface area contributed by atoms with Crippen LogP contribution in [0.5, 0.6) is 5.75 Å². The predicted molar refractivity (Wildman–Crippen MR) is 185 cm³/mol. The molecule has 13 heteroatoms. The molecule has 2 N–H and O–H groups in total. The number of sulfone groups is 1. The highest BCUT2D eigenvalue weighted by atomic mass is 32.2. The lowest BCUT2D eigenvalue weighted by Gasteiger charge is -2.39. The van der Waals surface area contributed by atoms with Crippen LogP contribution in [0.4, 0.5) is 23.3 Å². The molecular weight excluding hydrogens is 630 g/mol. The van der Waals surface area contributed by atoms with Crippen LogP contribution >= 0.6 is 0 Å². The fourth-order valence-corrected chi connectivity index (χ4v) is 7.75. The molecule has 12 nitrogen and oxygen atoms in total. The van der Waals surface area contributed by atoms with Crippen LogP contribution in [0, 0.1) is 12.8 Å². The Morgan fingerprint density at radius 3 is 2.48 bits per heavy atom. The number of nitrogens with zero attached hydrogens (tertiary/aromatic N) is 5. The molecule has 2 aromatic heterocycles. The number of carbonyl (C=O) groups excluding carboxylic acids is 1. The number of anilines is 4. The second-order valence-corrected chi connectivity index (χ2v) is 16.1. The third kappa shape index (κ3) is 6.84. The molecule has 2 fully saturated rings. The van der Waals surface area contributed by atoms with Crippen LogP contribution in [0.2, 0.25) is 0 Å². The van der Waals surface area contributed by atoms with Crippen LogP contribution in [0.1, 0.15) is 70.4 Å². The van der Waals surface area contributed by atoms with Gasteiger partial charge in [-0.3, -0.25) is 4.79 Å². The molecule has 6 rings (SSSR count). The third-order valence-corrected chi connectivity index (χ3v) is 11.7. The first-order chi connectivity index (χ1) is 22.9. The molecule has 48 heavy (non-hydrogen) atoms. The summed E-state index contributed by atoms with van der Waals surface area (Å²) in [7, 11) is -1.93. The Bertz CT molecular complexity index is 1910. The van der Waals surface area contributed by atoms with Crippen molar-refractivity contribution in [3.05, 3.63) is 59.8 Å². The van der Waals surface area contributed by atoms with E-state index in [9.17, 15) is 13.2 Å². The molecule has 256 valence electrons. The van der Waals surface area contributed by atoms with Crippen molar-refractivity contribution in [2.75, 3.05) is 37.4 Å². The first kappa shape index (κ1) is 33.7. The number of fused-ring (bicyclic) bond motifs is 1. The Morgan fingerprint density at radius 2 is 1.79 bits per heavy atom. The highest BCUT2D eigenvalue weighted by molar-refractivity contribution is 7.92. The number of aromatic nitrogens is 4. The number of rotatable bonds is 9. The van der Waals surface area contributed by atoms with Gasteiger partial charge in [-0.25, -0.2) is 8.42 Å². The van der Waals surface area contributed by atoms with Gasteiger partial charge in [-0.15, -0.1) is 0 Å². The Balaban J connectivity index is 1.20. The average molecular weight is 676 g/mol. The molecule has 2 aliphatic rings. The molecule has 0 spiro atoms. The number of benzene rings is 2. The van der Waals surface area contributed by atoms with Crippen LogP contribution in [0.25, 0.3) is 5.65 Å². The maximum absolute atomic E-state index is 13.2. The zero-order chi connectivity index (χ0) is 34.2. The van der Waals surface area contributed by atoms with E-state index in [1.165, 1.54) is 10.1 Å². The maximum atomic E-state index is 13.2. The van der Waals surface area contributed by atoms with Crippen molar-refractivity contribution in [2.24, 2.45) is 5.92 Å². The van der Waals surface area contributed by atoms with E-state index in [-0.39, 0.29) is 22.3 Å². The normalized spacial score (nSPS) is 18.6. The quantitative estimate of drug-likeness (QED) is 0.216. The number of para-hydroxylation sites is 1. The van der Waals surface area contributed by atoms with Crippen LogP contribution in [0.15, 0.2) is 53.6 Å². The number of nitrogens with one attached hydrogen (secondary N) is 2. The van der Waals surface area contributed by atoms with Crippen molar-refractivity contribution in [3.8, 4) is 5.75 Å². The standard InChI is InChI=1S/C35H45N7O5S/c1-22(2)48(44,45)30-10-8-7-9-27(30)38-34-40-33(39-31-12-16-36-42(31)34)37-28-19-23(3)26(20-29(28)46-6)24-13-17-41(18-14-24)32(43)25-11-15-35(4,5)47-21-25/h7-10,12,16,19-20,22,24-25H,11,13-15,17-18,21H2,1-6H3,(H2,37,38,39,40)/t25-/m1/s1. The van der Waals surface area contributed by atoms with Gasteiger partial charge in [0.15, 0.2) is 15.5 Å². The third-order valence-electron chi connectivity index (χ3n) is 9.52. The number of piperidine rings is 1. The number of likely N-dealkylation sites (tertiary alicyclic amines) is 1. The van der Waals surface area contributed by atoms with E-state index in [1.54, 1.807) is 57.5 Å². The summed E-state index contributed by atoms with van der Waals surface area (Å²) < 4.78 is 39.5. The Labute approximate surface area is 282 Å². The van der Waals surface area contributed by atoms with Crippen LogP contribution in [-0.4, -0.2) is 76.5 Å². The maximum Gasteiger partial charge on any atom is 0.233 e. The minimum absolute atomic E-state index is 0.0516. The van der Waals surface area contributed by atoms with Gasteiger partial charge in [0, 0.05) is 19.2 Å². The van der Waals surface area contributed by atoms with Gasteiger partial charge in [0.2, 0.25) is 17.8 Å². The summed E-state index contributed by atoms with van der Waals surface area (Å²) in [6.07, 6.45) is 5.14. The summed E-state index contributed by atoms with van der Waals surface area (Å²) in [6, 6.07) is 12.6. The minimum atomic E-state index is -3.56. The number of methoxy groups -OCH3 is 1. The van der Waals surface area contributed by atoms with Gasteiger partial charge in [0.25, 0.3) is 0 Å². The predicted octanol–water partition coefficient (Wildman–Crippen LogP) is 6.02. The van der Waals surface area contributed by atoms with E-state index < -0.39 is 15.1 Å². The Morgan fingerprint density at radius 1 is 1.04 bits per heavy atom. The largest absolute Gasteiger partial charge is 0.495 e. The van der Waals surface area contributed by atoms with Crippen molar-refractivity contribution in [1.82, 2.24) is 24.5 Å². The number of carbonyl (C=O) groups is 1. The number of aryl methyl sites for hydroxylation is 1. The Hall–Kier alpha value is -4.23. The first-order valence-electron chi connectivity index (χ1n) is 16.6. The van der Waals surface area contributed by atoms with E-state index in [0.29, 0.717) is 47.2 Å². The van der Waals surface area contributed by atoms with Crippen molar-refractivity contribution >= 4 is 44.7 Å². The lowest BCUT2D eigenvalue weighted by molar-refractivity contribution is -0.147. The lowest BCUT2D eigenvalue weighted by Crippen LogP contribution is -2.46. The molecule has 0 aliphatic carbocycles. The summed E-state index contributed by atoms with van der Waals surface area (Å²) in [4.78, 5) is 24.8. The molecule has 0 saturated carbocycles. The van der Waals surface area contributed by atoms with E-state index in [0.717, 1.165) is 44.3 Å². The van der Waals surface area contributed by atoms with E-state index in [1.807, 2.05) is 11.0 Å². The van der Waals surface area contributed by atoms with Gasteiger partial charge in [0.05, 0.1) is 53.0 Å². The molecular formula is C35H45N7O5S. The average Bonchev–Trinajstić information content (AvgIpc) is 3.54. The molecule has 4 heterocycles. The van der Waals surface area contributed by atoms with Gasteiger partial charge < -0.3 is 25.0 Å². The second-order valence-electron chi connectivity index (χ2n) is 13.6. The second kappa shape index (κ2) is 13.3. The lowest BCUT2D eigenvalue weighted by atomic mass is 9.85. The molecule has 0 unspecified atom stereocenters. The molecule has 0 radical (unpaired) electrons. The van der Waals surface area contributed by atoms with Crippen molar-refractivity contribution in [1.29, 1.82) is 0 Å². The monoisotopic (exact) mass is 675 g/mol. The summed E-state index contributed by atoms with van der Waals surface area (Å²) in [6.45, 7) is 11.5. The zero-order valence-corrected chi connectivity index (χ0v) is 29.3. The van der Waals surface area contributed by atoms with Gasteiger partial charge in [-0.05, 0) is 102 Å². The highest BCUT2D eigenvalue weighted by Crippen LogP contribution is 2.38. The summed E-state index contributed by atoms with van der Waals surface area (Å²) >= 11 is 0. The van der Waals surface area contributed by atoms with Crippen molar-refractivity contribution in [2.45, 2.75) is 82.0 Å². The van der Waals surface area contributed by atoms with Crippen LogP contribution < -0.4 is 15.4 Å². The molecule has 1 atom stereocenters. The molecule has 1 amide bonds. The molecule has 2 saturated heterocycles. The number of ether oxygens (including phenoxy) is 2. The van der Waals surface area contributed by atoms with Gasteiger partial charge in [-0.2, -0.15) is 19.6 Å². The van der Waals surface area contributed by atoms with E-state index in [4.69, 9.17) is 14.5 Å². The molecule has 2 aliphatic heterocycles. The van der Waals surface area contributed by atoms with Crippen LogP contribution in [-0.2, 0) is 19.4 Å². The number of hydrogen-bond acceptors (Lipinski definition) is 10. The fourth-order valence-electron chi connectivity index (χ4n) is 6.55. The zero-order valence-electron chi connectivity index (χ0n) is 28.5. The summed E-state index contributed by atoms with van der Waals surface area (Å²) in [5.74, 6) is 1.71. The topological polar surface area (TPSA) is 140 Å². The highest BCUT2D eigenvalue weighted by Gasteiger charge is 2.35. The van der Waals surface area contributed by atoms with Gasteiger partial charge in [0.1, 0.15) is 5.75 Å². The van der Waals surface area contributed by atoms with E-state index in [2.05, 4.69) is 47.6 Å². The minimum Gasteiger partial charge on any atom is -0.495 e. The van der Waals surface area contributed by atoms with Crippen molar-refractivity contribution in [3.63, 3.8) is 0 Å². The van der Waals surface area contributed by atoms with Gasteiger partial charge >= 0.3 is 0 Å². The Kier molecular flexibility index (Phi) is 9.36. The van der Waals surface area contributed by atoms with E-state index >= 15 is 0 Å². The molecule has 0 bridgehead atoms. The smallest absolute Gasteiger partial charge is 0.233 e. The molecule has 2 aromatic carbocycles. The van der Waals surface area contributed by atoms with Crippen LogP contribution in [0.3, 0.4) is 0 Å². The summed E-state index contributed by atoms with van der Waals surface area (Å²) in [5, 5.41) is 10.3. The molecule has 4 aromatic rings. The summed E-state index contributed by atoms with van der Waals surface area (Å²) in [5.41, 5.74) is 3.77. The first-order valence-corrected chi connectivity index (χ1v) is 18.1.